The van der Waals surface area contributed by atoms with Gasteiger partial charge in [0.2, 0.25) is 5.60 Å². The molecule has 0 bridgehead atoms. The number of rotatable bonds is 3. The molecule has 0 radical (unpaired) electrons. The van der Waals surface area contributed by atoms with E-state index in [2.05, 4.69) is 0 Å². The summed E-state index contributed by atoms with van der Waals surface area (Å²) in [5.41, 5.74) is 3.07. The van der Waals surface area contributed by atoms with Crippen LogP contribution in [0.15, 0.2) is 11.9 Å². The highest BCUT2D eigenvalue weighted by molar-refractivity contribution is 5.15. The van der Waals surface area contributed by atoms with Crippen LogP contribution in [-0.4, -0.2) is 16.9 Å². The molecular formula is C8H18F3N3O. The monoisotopic (exact) mass is 229 g/mol. The maximum Gasteiger partial charge on any atom is 0.422 e. The number of hydrogen-bond acceptors (Lipinski definition) is 4. The summed E-state index contributed by atoms with van der Waals surface area (Å²) < 4.78 is 36.7. The summed E-state index contributed by atoms with van der Waals surface area (Å²) in [7, 11) is 0. The minimum atomic E-state index is -4.81. The van der Waals surface area contributed by atoms with Gasteiger partial charge in [0, 0.05) is 6.20 Å². The lowest BCUT2D eigenvalue weighted by Crippen LogP contribution is -2.49. The van der Waals surface area contributed by atoms with Crippen molar-refractivity contribution >= 4 is 0 Å². The topological polar surface area (TPSA) is 84.3 Å². The molecule has 0 aliphatic rings. The molecule has 0 aliphatic carbocycles. The Morgan fingerprint density at radius 1 is 1.40 bits per heavy atom. The van der Waals surface area contributed by atoms with Gasteiger partial charge in [-0.05, 0) is 6.42 Å². The van der Waals surface area contributed by atoms with Crippen molar-refractivity contribution in [1.29, 1.82) is 0 Å². The highest BCUT2D eigenvalue weighted by Gasteiger charge is 2.54. The van der Waals surface area contributed by atoms with E-state index >= 15 is 0 Å². The maximum absolute atomic E-state index is 12.2. The van der Waals surface area contributed by atoms with Crippen LogP contribution in [0.25, 0.3) is 0 Å². The summed E-state index contributed by atoms with van der Waals surface area (Å²) in [6.07, 6.45) is -4.67. The molecule has 0 heterocycles. The Morgan fingerprint density at radius 2 is 1.80 bits per heavy atom. The standard InChI is InChI=1S/C6H12F3N3O.C2H6/c1-2-5(13,6(7,8)9)4(10)3-12-11;1-2/h3,12-13H,2,10-11H2,1H3;1-2H3/b4-3-;. The van der Waals surface area contributed by atoms with E-state index < -0.39 is 23.9 Å². The van der Waals surface area contributed by atoms with Gasteiger partial charge in [0.1, 0.15) is 0 Å². The highest BCUT2D eigenvalue weighted by atomic mass is 19.4. The smallest absolute Gasteiger partial charge is 0.398 e. The summed E-state index contributed by atoms with van der Waals surface area (Å²) in [4.78, 5) is 0. The molecule has 0 saturated carbocycles. The molecule has 92 valence electrons. The fourth-order valence-electron chi connectivity index (χ4n) is 0.777. The fourth-order valence-corrected chi connectivity index (χ4v) is 0.777. The molecule has 0 saturated heterocycles. The minimum absolute atomic E-state index is 0.569. The Bertz CT molecular complexity index is 206. The maximum atomic E-state index is 12.2. The second kappa shape index (κ2) is 6.52. The predicted octanol–water partition coefficient (Wildman–Crippen LogP) is 0.979. The van der Waals surface area contributed by atoms with Crippen molar-refractivity contribution in [2.45, 2.75) is 39.0 Å². The van der Waals surface area contributed by atoms with Crippen molar-refractivity contribution in [1.82, 2.24) is 5.43 Å². The Morgan fingerprint density at radius 3 is 2.00 bits per heavy atom. The average molecular weight is 229 g/mol. The first kappa shape index (κ1) is 16.5. The number of aliphatic hydroxyl groups is 1. The van der Waals surface area contributed by atoms with E-state index in [-0.39, 0.29) is 0 Å². The van der Waals surface area contributed by atoms with Gasteiger partial charge in [-0.3, -0.25) is 5.84 Å². The molecule has 0 amide bonds. The lowest BCUT2D eigenvalue weighted by Gasteiger charge is -2.29. The zero-order chi connectivity index (χ0) is 12.7. The van der Waals surface area contributed by atoms with Crippen LogP contribution in [0.4, 0.5) is 13.2 Å². The van der Waals surface area contributed by atoms with Gasteiger partial charge < -0.3 is 16.3 Å². The largest absolute Gasteiger partial charge is 0.422 e. The van der Waals surface area contributed by atoms with Crippen molar-refractivity contribution in [3.05, 3.63) is 11.9 Å². The molecule has 1 atom stereocenters. The Kier molecular flexibility index (Phi) is 7.16. The van der Waals surface area contributed by atoms with E-state index in [0.29, 0.717) is 6.20 Å². The normalized spacial score (nSPS) is 16.1. The summed E-state index contributed by atoms with van der Waals surface area (Å²) in [6.45, 7) is 5.17. The second-order valence-corrected chi connectivity index (χ2v) is 2.48. The quantitative estimate of drug-likeness (QED) is 0.429. The SMILES string of the molecule is CC.CCC(O)(/C(N)=C/NN)C(F)(F)F. The zero-order valence-corrected chi connectivity index (χ0v) is 9.02. The van der Waals surface area contributed by atoms with Crippen LogP contribution in [0, 0.1) is 0 Å². The number of hydrazine groups is 1. The predicted molar refractivity (Wildman–Crippen MR) is 52.2 cm³/mol. The van der Waals surface area contributed by atoms with E-state index in [1.54, 1.807) is 0 Å². The van der Waals surface area contributed by atoms with Crippen LogP contribution in [0.1, 0.15) is 27.2 Å². The molecule has 0 spiro atoms. The summed E-state index contributed by atoms with van der Waals surface area (Å²) >= 11 is 0. The van der Waals surface area contributed by atoms with E-state index in [1.807, 2.05) is 19.3 Å². The number of halogens is 3. The van der Waals surface area contributed by atoms with Crippen molar-refractivity contribution in [3.8, 4) is 0 Å². The molecule has 1 unspecified atom stereocenters. The third-order valence-corrected chi connectivity index (χ3v) is 1.70. The van der Waals surface area contributed by atoms with Crippen LogP contribution in [0.5, 0.6) is 0 Å². The van der Waals surface area contributed by atoms with Crippen LogP contribution in [0.3, 0.4) is 0 Å². The first-order chi connectivity index (χ1) is 6.79. The average Bonchev–Trinajstić information content (AvgIpc) is 2.18. The van der Waals surface area contributed by atoms with E-state index in [1.165, 1.54) is 6.92 Å². The molecular weight excluding hydrogens is 211 g/mol. The van der Waals surface area contributed by atoms with Crippen LogP contribution < -0.4 is 17.0 Å². The zero-order valence-electron chi connectivity index (χ0n) is 9.02. The highest BCUT2D eigenvalue weighted by Crippen LogP contribution is 2.36. The first-order valence-electron chi connectivity index (χ1n) is 4.51. The third kappa shape index (κ3) is 3.96. The third-order valence-electron chi connectivity index (χ3n) is 1.70. The molecule has 6 N–H and O–H groups in total. The van der Waals surface area contributed by atoms with Gasteiger partial charge in [-0.15, -0.1) is 0 Å². The van der Waals surface area contributed by atoms with Gasteiger partial charge in [0.25, 0.3) is 0 Å². The summed E-state index contributed by atoms with van der Waals surface area (Å²) in [5, 5.41) is 9.14. The molecule has 0 fully saturated rings. The van der Waals surface area contributed by atoms with E-state index in [0.717, 1.165) is 0 Å². The number of nitrogens with two attached hydrogens (primary N) is 2. The van der Waals surface area contributed by atoms with Crippen LogP contribution in [0.2, 0.25) is 0 Å². The summed E-state index contributed by atoms with van der Waals surface area (Å²) in [5.74, 6) is 4.74. The minimum Gasteiger partial charge on any atom is -0.398 e. The Hall–Kier alpha value is -0.950. The van der Waals surface area contributed by atoms with Gasteiger partial charge in [0.05, 0.1) is 5.70 Å². The molecule has 7 heteroatoms. The van der Waals surface area contributed by atoms with Gasteiger partial charge in [-0.1, -0.05) is 20.8 Å². The van der Waals surface area contributed by atoms with Gasteiger partial charge in [-0.25, -0.2) is 0 Å². The summed E-state index contributed by atoms with van der Waals surface area (Å²) in [6, 6.07) is 0. The molecule has 0 aromatic carbocycles. The number of nitrogens with one attached hydrogen (secondary N) is 1. The lowest BCUT2D eigenvalue weighted by molar-refractivity contribution is -0.245. The molecule has 4 nitrogen and oxygen atoms in total. The fraction of sp³-hybridized carbons (Fsp3) is 0.750. The van der Waals surface area contributed by atoms with Crippen molar-refractivity contribution in [2.24, 2.45) is 11.6 Å². The second-order valence-electron chi connectivity index (χ2n) is 2.48. The Balaban J connectivity index is 0. The van der Waals surface area contributed by atoms with E-state index in [9.17, 15) is 13.2 Å². The van der Waals surface area contributed by atoms with Crippen molar-refractivity contribution in [2.75, 3.05) is 0 Å². The number of hydrogen-bond donors (Lipinski definition) is 4. The number of alkyl halides is 3. The molecule has 0 aromatic rings. The van der Waals surface area contributed by atoms with Crippen LogP contribution in [-0.2, 0) is 0 Å². The molecule has 0 aromatic heterocycles. The van der Waals surface area contributed by atoms with Gasteiger partial charge >= 0.3 is 6.18 Å². The van der Waals surface area contributed by atoms with Gasteiger partial charge in [0.15, 0.2) is 0 Å². The van der Waals surface area contributed by atoms with Gasteiger partial charge in [-0.2, -0.15) is 13.2 Å². The lowest BCUT2D eigenvalue weighted by atomic mass is 9.96. The van der Waals surface area contributed by atoms with Crippen molar-refractivity contribution in [3.63, 3.8) is 0 Å². The Labute approximate surface area is 87.1 Å². The van der Waals surface area contributed by atoms with Crippen molar-refractivity contribution < 1.29 is 18.3 Å². The molecule has 0 rings (SSSR count). The first-order valence-corrected chi connectivity index (χ1v) is 4.51. The van der Waals surface area contributed by atoms with E-state index in [4.69, 9.17) is 16.7 Å². The molecule has 15 heavy (non-hydrogen) atoms. The molecule has 0 aliphatic heterocycles. The van der Waals surface area contributed by atoms with Crippen LogP contribution >= 0.6 is 0 Å².